The van der Waals surface area contributed by atoms with Crippen LogP contribution in [0.15, 0.2) is 12.2 Å². The Balaban J connectivity index is 2.20. The van der Waals surface area contributed by atoms with Crippen LogP contribution in [0.1, 0.15) is 6.42 Å². The molecule has 0 aliphatic heterocycles. The standard InChI is InChI=1S/C12H10F4O6/c13-11(14,9(19)20)12(15,16)10(21)22-7-5-2-1-4(3-5)6(7)8(17)18/h1-2,4-7H,3H2,(H,17,18)(H,19,20). The van der Waals surface area contributed by atoms with Crippen molar-refractivity contribution < 1.29 is 46.9 Å². The number of rotatable bonds is 5. The molecular formula is C12H10F4O6. The highest BCUT2D eigenvalue weighted by Gasteiger charge is 2.69. The minimum absolute atomic E-state index is 0.232. The summed E-state index contributed by atoms with van der Waals surface area (Å²) in [7, 11) is 0. The van der Waals surface area contributed by atoms with Gasteiger partial charge in [-0.1, -0.05) is 12.2 Å². The van der Waals surface area contributed by atoms with E-state index in [-0.39, 0.29) is 6.42 Å². The topological polar surface area (TPSA) is 101 Å². The number of carboxylic acids is 2. The molecule has 1 saturated carbocycles. The van der Waals surface area contributed by atoms with Crippen molar-refractivity contribution in [2.45, 2.75) is 24.4 Å². The fraction of sp³-hybridized carbons (Fsp3) is 0.583. The van der Waals surface area contributed by atoms with Crippen LogP contribution in [0.25, 0.3) is 0 Å². The number of carbonyl (C=O) groups excluding carboxylic acids is 1. The van der Waals surface area contributed by atoms with E-state index < -0.39 is 53.6 Å². The van der Waals surface area contributed by atoms with Gasteiger partial charge >= 0.3 is 29.8 Å². The molecule has 0 aromatic rings. The molecule has 1 fully saturated rings. The molecule has 22 heavy (non-hydrogen) atoms. The van der Waals surface area contributed by atoms with Crippen LogP contribution in [0, 0.1) is 17.8 Å². The van der Waals surface area contributed by atoms with Crippen LogP contribution in [0.2, 0.25) is 0 Å². The first kappa shape index (κ1) is 16.2. The number of carbonyl (C=O) groups is 3. The highest BCUT2D eigenvalue weighted by molar-refractivity contribution is 5.89. The molecule has 0 saturated heterocycles. The predicted octanol–water partition coefficient (Wildman–Crippen LogP) is 1.16. The summed E-state index contributed by atoms with van der Waals surface area (Å²) in [5.74, 6) is -21.2. The first-order valence-corrected chi connectivity index (χ1v) is 6.11. The van der Waals surface area contributed by atoms with E-state index in [1.807, 2.05) is 0 Å². The molecule has 4 unspecified atom stereocenters. The highest BCUT2D eigenvalue weighted by Crippen LogP contribution is 2.46. The Morgan fingerprint density at radius 2 is 1.55 bits per heavy atom. The molecule has 6 nitrogen and oxygen atoms in total. The Morgan fingerprint density at radius 1 is 1.00 bits per heavy atom. The molecule has 4 atom stereocenters. The van der Waals surface area contributed by atoms with Gasteiger partial charge in [-0.3, -0.25) is 4.79 Å². The average molecular weight is 326 g/mol. The molecule has 122 valence electrons. The lowest BCUT2D eigenvalue weighted by Crippen LogP contribution is -2.54. The number of halogens is 4. The van der Waals surface area contributed by atoms with E-state index in [1.54, 1.807) is 0 Å². The van der Waals surface area contributed by atoms with Crippen molar-refractivity contribution in [3.05, 3.63) is 12.2 Å². The zero-order valence-electron chi connectivity index (χ0n) is 10.7. The van der Waals surface area contributed by atoms with E-state index in [4.69, 9.17) is 10.2 Å². The van der Waals surface area contributed by atoms with E-state index in [0.717, 1.165) is 0 Å². The fourth-order valence-corrected chi connectivity index (χ4v) is 2.72. The molecule has 10 heteroatoms. The van der Waals surface area contributed by atoms with Gasteiger partial charge in [-0.2, -0.15) is 17.6 Å². The van der Waals surface area contributed by atoms with Crippen LogP contribution in [0.4, 0.5) is 17.6 Å². The van der Waals surface area contributed by atoms with Gasteiger partial charge in [0.25, 0.3) is 0 Å². The van der Waals surface area contributed by atoms with Crippen LogP contribution in [-0.4, -0.2) is 46.1 Å². The van der Waals surface area contributed by atoms with Gasteiger partial charge in [-0.15, -0.1) is 0 Å². The summed E-state index contributed by atoms with van der Waals surface area (Å²) < 4.78 is 56.7. The molecule has 2 bridgehead atoms. The van der Waals surface area contributed by atoms with E-state index in [1.165, 1.54) is 12.2 Å². The van der Waals surface area contributed by atoms with Crippen molar-refractivity contribution in [1.82, 2.24) is 0 Å². The second-order valence-electron chi connectivity index (χ2n) is 5.14. The first-order chi connectivity index (χ1) is 10.00. The van der Waals surface area contributed by atoms with Gasteiger partial charge < -0.3 is 14.9 Å². The SMILES string of the molecule is O=C(O)C1C2C=CC(C2)C1OC(=O)C(F)(F)C(F)(F)C(=O)O. The average Bonchev–Trinajstić information content (AvgIpc) is 2.98. The molecule has 2 rings (SSSR count). The number of alkyl halides is 4. The molecule has 2 aliphatic carbocycles. The number of hydrogen-bond acceptors (Lipinski definition) is 4. The van der Waals surface area contributed by atoms with Gasteiger partial charge in [0.15, 0.2) is 0 Å². The lowest BCUT2D eigenvalue weighted by molar-refractivity contribution is -0.239. The third-order valence-corrected chi connectivity index (χ3v) is 3.83. The van der Waals surface area contributed by atoms with Crippen molar-refractivity contribution in [1.29, 1.82) is 0 Å². The minimum Gasteiger partial charge on any atom is -0.481 e. The number of carboxylic acid groups (broad SMARTS) is 2. The monoisotopic (exact) mass is 326 g/mol. The van der Waals surface area contributed by atoms with E-state index in [2.05, 4.69) is 4.74 Å². The maximum Gasteiger partial charge on any atom is 0.415 e. The van der Waals surface area contributed by atoms with Crippen LogP contribution in [0.5, 0.6) is 0 Å². The molecule has 0 aromatic heterocycles. The van der Waals surface area contributed by atoms with Crippen LogP contribution >= 0.6 is 0 Å². The van der Waals surface area contributed by atoms with Gasteiger partial charge in [0.1, 0.15) is 12.0 Å². The van der Waals surface area contributed by atoms with Gasteiger partial charge in [0.2, 0.25) is 0 Å². The van der Waals surface area contributed by atoms with Crippen molar-refractivity contribution in [2.24, 2.45) is 17.8 Å². The Bertz CT molecular complexity index is 558. The fourth-order valence-electron chi connectivity index (χ4n) is 2.72. The third kappa shape index (κ3) is 2.22. The molecule has 2 N–H and O–H groups in total. The summed E-state index contributed by atoms with van der Waals surface area (Å²) in [6.45, 7) is 0. The van der Waals surface area contributed by atoms with Gasteiger partial charge in [0, 0.05) is 5.92 Å². The van der Waals surface area contributed by atoms with Gasteiger partial charge in [0.05, 0.1) is 0 Å². The number of aliphatic carboxylic acids is 2. The largest absolute Gasteiger partial charge is 0.481 e. The second-order valence-corrected chi connectivity index (χ2v) is 5.14. The predicted molar refractivity (Wildman–Crippen MR) is 59.3 cm³/mol. The van der Waals surface area contributed by atoms with Crippen molar-refractivity contribution in [3.8, 4) is 0 Å². The Kier molecular flexibility index (Phi) is 3.66. The number of hydrogen-bond donors (Lipinski definition) is 2. The first-order valence-electron chi connectivity index (χ1n) is 6.11. The second kappa shape index (κ2) is 4.96. The number of ether oxygens (including phenoxy) is 1. The molecular weight excluding hydrogens is 316 g/mol. The maximum atomic E-state index is 13.3. The summed E-state index contributed by atoms with van der Waals surface area (Å²) in [6, 6.07) is 0. The maximum absolute atomic E-state index is 13.3. The third-order valence-electron chi connectivity index (χ3n) is 3.83. The minimum atomic E-state index is -5.66. The zero-order chi connectivity index (χ0) is 16.9. The Labute approximate surface area is 120 Å². The molecule has 0 spiro atoms. The Hall–Kier alpha value is -2.13. The van der Waals surface area contributed by atoms with Gasteiger partial charge in [-0.25, -0.2) is 9.59 Å². The molecule has 2 aliphatic rings. The summed E-state index contributed by atoms with van der Waals surface area (Å²) in [5, 5.41) is 17.1. The molecule has 0 aromatic carbocycles. The lowest BCUT2D eigenvalue weighted by Gasteiger charge is -2.28. The summed E-state index contributed by atoms with van der Waals surface area (Å²) in [4.78, 5) is 32.5. The zero-order valence-corrected chi connectivity index (χ0v) is 10.7. The highest BCUT2D eigenvalue weighted by atomic mass is 19.3. The smallest absolute Gasteiger partial charge is 0.415 e. The summed E-state index contributed by atoms with van der Waals surface area (Å²) in [6.07, 6.45) is 1.68. The van der Waals surface area contributed by atoms with Crippen LogP contribution in [-0.2, 0) is 19.1 Å². The summed E-state index contributed by atoms with van der Waals surface area (Å²) >= 11 is 0. The molecule has 0 heterocycles. The van der Waals surface area contributed by atoms with E-state index in [0.29, 0.717) is 0 Å². The van der Waals surface area contributed by atoms with Crippen molar-refractivity contribution in [2.75, 3.05) is 0 Å². The summed E-state index contributed by atoms with van der Waals surface area (Å²) in [5.41, 5.74) is 0. The van der Waals surface area contributed by atoms with E-state index >= 15 is 0 Å². The number of allylic oxidation sites excluding steroid dienone is 1. The molecule has 0 radical (unpaired) electrons. The normalized spacial score (nSPS) is 30.4. The lowest BCUT2D eigenvalue weighted by atomic mass is 9.91. The van der Waals surface area contributed by atoms with E-state index in [9.17, 15) is 31.9 Å². The van der Waals surface area contributed by atoms with Crippen LogP contribution in [0.3, 0.4) is 0 Å². The van der Waals surface area contributed by atoms with Crippen molar-refractivity contribution >= 4 is 17.9 Å². The van der Waals surface area contributed by atoms with Gasteiger partial charge in [-0.05, 0) is 12.3 Å². The Morgan fingerprint density at radius 3 is 2.05 bits per heavy atom. The van der Waals surface area contributed by atoms with Crippen molar-refractivity contribution in [3.63, 3.8) is 0 Å². The number of esters is 1. The number of fused-ring (bicyclic) bond motifs is 2. The van der Waals surface area contributed by atoms with Crippen LogP contribution < -0.4 is 0 Å². The molecule has 0 amide bonds. The quantitative estimate of drug-likeness (QED) is 0.447.